The van der Waals surface area contributed by atoms with Gasteiger partial charge in [-0.25, -0.2) is 14.7 Å². The maximum Gasteiger partial charge on any atom is 0.404 e. The van der Waals surface area contributed by atoms with Crippen molar-refractivity contribution in [1.82, 2.24) is 19.9 Å². The van der Waals surface area contributed by atoms with Crippen molar-refractivity contribution in [2.24, 2.45) is 5.41 Å². The number of carbonyl (C=O) groups is 1. The van der Waals surface area contributed by atoms with Gasteiger partial charge < -0.3 is 10.4 Å². The van der Waals surface area contributed by atoms with E-state index in [4.69, 9.17) is 5.11 Å². The average Bonchev–Trinajstić information content (AvgIpc) is 2.75. The Labute approximate surface area is 126 Å². The summed E-state index contributed by atoms with van der Waals surface area (Å²) in [6.45, 7) is 1.99. The topological polar surface area (TPSA) is 99.5 Å². The molecule has 2 saturated carbocycles. The van der Waals surface area contributed by atoms with Crippen LogP contribution in [0.4, 0.5) is 4.79 Å². The van der Waals surface area contributed by atoms with Gasteiger partial charge in [0.2, 0.25) is 0 Å². The number of carboxylic acid groups (broad SMARTS) is 1. The number of aryl methyl sites for hydroxylation is 1. The lowest BCUT2D eigenvalue weighted by Gasteiger charge is -2.57. The van der Waals surface area contributed by atoms with Crippen molar-refractivity contribution >= 4 is 11.6 Å². The lowest BCUT2D eigenvalue weighted by Crippen LogP contribution is -2.55. The van der Waals surface area contributed by atoms with Crippen molar-refractivity contribution in [1.29, 1.82) is 0 Å². The number of fused-ring (bicyclic) bond motifs is 1. The largest absolute Gasteiger partial charge is 0.465 e. The first-order valence-electron chi connectivity index (χ1n) is 7.53. The molecule has 0 aromatic carbocycles. The van der Waals surface area contributed by atoms with Gasteiger partial charge in [-0.1, -0.05) is 0 Å². The molecular formula is C15H18N4O3. The summed E-state index contributed by atoms with van der Waals surface area (Å²) in [6.07, 6.45) is 4.70. The number of hydrogen-bond acceptors (Lipinski definition) is 3. The molecule has 116 valence electrons. The second-order valence-electron chi connectivity index (χ2n) is 6.79. The summed E-state index contributed by atoms with van der Waals surface area (Å²) < 4.78 is 1.62. The summed E-state index contributed by atoms with van der Waals surface area (Å²) >= 11 is 0. The van der Waals surface area contributed by atoms with Gasteiger partial charge in [0.15, 0.2) is 0 Å². The second-order valence-corrected chi connectivity index (χ2v) is 6.79. The van der Waals surface area contributed by atoms with Crippen LogP contribution in [0.15, 0.2) is 17.1 Å². The van der Waals surface area contributed by atoms with Crippen molar-refractivity contribution in [3.63, 3.8) is 0 Å². The minimum Gasteiger partial charge on any atom is -0.465 e. The molecule has 2 heterocycles. The SMILES string of the molecule is Cc1ccn2c(=O)[nH]nc(C3CC4(CC(NC(=O)O)C4)C3)c12. The molecule has 1 amide bonds. The Kier molecular flexibility index (Phi) is 2.64. The Hall–Kier alpha value is -2.31. The molecule has 2 aliphatic carbocycles. The maximum atomic E-state index is 11.8. The van der Waals surface area contributed by atoms with Crippen molar-refractivity contribution in [2.75, 3.05) is 0 Å². The van der Waals surface area contributed by atoms with Crippen molar-refractivity contribution in [2.45, 2.75) is 44.6 Å². The van der Waals surface area contributed by atoms with E-state index in [1.54, 1.807) is 10.6 Å². The van der Waals surface area contributed by atoms with Crippen LogP contribution in [-0.2, 0) is 0 Å². The third-order valence-electron chi connectivity index (χ3n) is 5.25. The summed E-state index contributed by atoms with van der Waals surface area (Å²) in [4.78, 5) is 22.4. The van der Waals surface area contributed by atoms with E-state index in [1.165, 1.54) is 0 Å². The average molecular weight is 302 g/mol. The molecular weight excluding hydrogens is 284 g/mol. The Morgan fingerprint density at radius 1 is 1.45 bits per heavy atom. The molecule has 7 nitrogen and oxygen atoms in total. The van der Waals surface area contributed by atoms with Crippen LogP contribution in [0.5, 0.6) is 0 Å². The molecule has 1 spiro atoms. The molecule has 22 heavy (non-hydrogen) atoms. The smallest absolute Gasteiger partial charge is 0.404 e. The van der Waals surface area contributed by atoms with Gasteiger partial charge in [-0.05, 0) is 49.7 Å². The number of aromatic nitrogens is 3. The highest BCUT2D eigenvalue weighted by Gasteiger charge is 2.54. The highest BCUT2D eigenvalue weighted by atomic mass is 16.4. The molecule has 3 N–H and O–H groups in total. The summed E-state index contributed by atoms with van der Waals surface area (Å²) in [5.74, 6) is 0.346. The molecule has 0 radical (unpaired) electrons. The molecule has 2 aromatic rings. The molecule has 0 atom stereocenters. The fourth-order valence-corrected chi connectivity index (χ4v) is 4.30. The Morgan fingerprint density at radius 2 is 2.18 bits per heavy atom. The summed E-state index contributed by atoms with van der Waals surface area (Å²) in [7, 11) is 0. The van der Waals surface area contributed by atoms with Gasteiger partial charge in [0.25, 0.3) is 0 Å². The first-order chi connectivity index (χ1) is 10.5. The lowest BCUT2D eigenvalue weighted by molar-refractivity contribution is -0.0198. The summed E-state index contributed by atoms with van der Waals surface area (Å²) in [5, 5.41) is 18.1. The molecule has 2 aliphatic rings. The number of amides is 1. The van der Waals surface area contributed by atoms with Crippen LogP contribution in [0.25, 0.3) is 5.52 Å². The zero-order valence-corrected chi connectivity index (χ0v) is 12.3. The third-order valence-corrected chi connectivity index (χ3v) is 5.25. The zero-order chi connectivity index (χ0) is 15.5. The van der Waals surface area contributed by atoms with Crippen LogP contribution in [0.1, 0.15) is 42.9 Å². The number of nitrogens with one attached hydrogen (secondary N) is 2. The molecule has 7 heteroatoms. The predicted octanol–water partition coefficient (Wildman–Crippen LogP) is 1.62. The predicted molar refractivity (Wildman–Crippen MR) is 79.1 cm³/mol. The van der Waals surface area contributed by atoms with Crippen molar-refractivity contribution < 1.29 is 9.90 Å². The standard InChI is InChI=1S/C15H18N4O3/c1-8-2-3-19-12(8)11(17-18-13(19)20)9-4-15(5-9)6-10(7-15)16-14(21)22/h2-3,9-10,16H,4-7H2,1H3,(H,18,20)(H,21,22). The van der Waals surface area contributed by atoms with Crippen LogP contribution in [-0.4, -0.2) is 31.8 Å². The fraction of sp³-hybridized carbons (Fsp3) is 0.533. The van der Waals surface area contributed by atoms with E-state index in [2.05, 4.69) is 15.5 Å². The van der Waals surface area contributed by atoms with Crippen LogP contribution >= 0.6 is 0 Å². The second kappa shape index (κ2) is 4.34. The Balaban J connectivity index is 1.53. The van der Waals surface area contributed by atoms with E-state index in [0.29, 0.717) is 5.92 Å². The first-order valence-corrected chi connectivity index (χ1v) is 7.53. The molecule has 0 saturated heterocycles. The first kappa shape index (κ1) is 13.4. The van der Waals surface area contributed by atoms with E-state index in [9.17, 15) is 9.59 Å². The number of hydrogen-bond donors (Lipinski definition) is 3. The molecule has 2 aromatic heterocycles. The molecule has 0 aliphatic heterocycles. The van der Waals surface area contributed by atoms with Gasteiger partial charge in [-0.15, -0.1) is 0 Å². The van der Waals surface area contributed by atoms with Gasteiger partial charge in [0.1, 0.15) is 0 Å². The Bertz CT molecular complexity index is 808. The van der Waals surface area contributed by atoms with Crippen LogP contribution in [0.2, 0.25) is 0 Å². The monoisotopic (exact) mass is 302 g/mol. The van der Waals surface area contributed by atoms with Gasteiger partial charge in [0, 0.05) is 18.2 Å². The van der Waals surface area contributed by atoms with Crippen LogP contribution in [0, 0.1) is 12.3 Å². The lowest BCUT2D eigenvalue weighted by atomic mass is 9.49. The van der Waals surface area contributed by atoms with Crippen LogP contribution < -0.4 is 11.0 Å². The van der Waals surface area contributed by atoms with Gasteiger partial charge >= 0.3 is 11.8 Å². The van der Waals surface area contributed by atoms with E-state index in [-0.39, 0.29) is 17.1 Å². The number of nitrogens with zero attached hydrogens (tertiary/aromatic N) is 2. The minimum atomic E-state index is -0.941. The number of aromatic amines is 1. The molecule has 0 bridgehead atoms. The molecule has 4 rings (SSSR count). The van der Waals surface area contributed by atoms with Crippen LogP contribution in [0.3, 0.4) is 0 Å². The summed E-state index contributed by atoms with van der Waals surface area (Å²) in [6, 6.07) is 2.03. The summed E-state index contributed by atoms with van der Waals surface area (Å²) in [5.41, 5.74) is 3.00. The minimum absolute atomic E-state index is 0.0945. The normalized spacial score (nSPS) is 30.0. The van der Waals surface area contributed by atoms with Crippen molar-refractivity contribution in [3.8, 4) is 0 Å². The fourth-order valence-electron chi connectivity index (χ4n) is 4.30. The number of rotatable bonds is 2. The highest BCUT2D eigenvalue weighted by molar-refractivity contribution is 5.65. The van der Waals surface area contributed by atoms with E-state index < -0.39 is 6.09 Å². The van der Waals surface area contributed by atoms with E-state index in [1.807, 2.05) is 13.0 Å². The quantitative estimate of drug-likeness (QED) is 0.785. The zero-order valence-electron chi connectivity index (χ0n) is 12.3. The van der Waals surface area contributed by atoms with Gasteiger partial charge in [0.05, 0.1) is 11.2 Å². The number of H-pyrrole nitrogens is 1. The van der Waals surface area contributed by atoms with Gasteiger partial charge in [-0.3, -0.25) is 4.40 Å². The Morgan fingerprint density at radius 3 is 2.86 bits per heavy atom. The van der Waals surface area contributed by atoms with E-state index in [0.717, 1.165) is 42.5 Å². The molecule has 2 fully saturated rings. The third kappa shape index (κ3) is 1.84. The maximum absolute atomic E-state index is 11.8. The van der Waals surface area contributed by atoms with Gasteiger partial charge in [-0.2, -0.15) is 5.10 Å². The van der Waals surface area contributed by atoms with Crippen molar-refractivity contribution in [3.05, 3.63) is 34.0 Å². The van der Waals surface area contributed by atoms with E-state index >= 15 is 0 Å². The molecule has 0 unspecified atom stereocenters. The highest BCUT2D eigenvalue weighted by Crippen LogP contribution is 2.61.